The van der Waals surface area contributed by atoms with Gasteiger partial charge in [0.1, 0.15) is 0 Å². The van der Waals surface area contributed by atoms with Crippen LogP contribution in [0, 0.1) is 0 Å². The van der Waals surface area contributed by atoms with Crippen LogP contribution in [0.3, 0.4) is 0 Å². The molecule has 5 heteroatoms. The molecule has 0 saturated heterocycles. The number of rotatable bonds is 3. The van der Waals surface area contributed by atoms with Crippen molar-refractivity contribution in [3.63, 3.8) is 0 Å². The van der Waals surface area contributed by atoms with Crippen LogP contribution in [0.2, 0.25) is 3.93 Å². The molecule has 7 heavy (non-hydrogen) atoms. The molecular weight excluding hydrogens is 324 g/mol. The Balaban J connectivity index is 0. The molecule has 0 amide bonds. The summed E-state index contributed by atoms with van der Waals surface area (Å²) in [5.41, 5.74) is 0. The van der Waals surface area contributed by atoms with Crippen LogP contribution in [0.15, 0.2) is 0 Å². The quantitative estimate of drug-likeness (QED) is 0.396. The van der Waals surface area contributed by atoms with Gasteiger partial charge in [-0.3, -0.25) is 0 Å². The van der Waals surface area contributed by atoms with Gasteiger partial charge in [-0.05, 0) is 0 Å². The minimum Gasteiger partial charge on any atom is 1.00 e. The molecule has 0 radical (unpaired) electrons. The second-order valence-electron chi connectivity index (χ2n) is 1.03. The van der Waals surface area contributed by atoms with Gasteiger partial charge in [0, 0.05) is 0 Å². The van der Waals surface area contributed by atoms with Crippen molar-refractivity contribution in [2.75, 3.05) is 0 Å². The van der Waals surface area contributed by atoms with E-state index < -0.39 is 32.0 Å². The van der Waals surface area contributed by atoms with Crippen LogP contribution in [0.25, 0.3) is 0 Å². The molecule has 1 nitrogen and oxygen atoms in total. The molecule has 0 bridgehead atoms. The molecule has 0 aromatic rings. The summed E-state index contributed by atoms with van der Waals surface area (Å²) in [6.07, 6.45) is 0. The zero-order valence-electron chi connectivity index (χ0n) is 4.94. The van der Waals surface area contributed by atoms with Gasteiger partial charge in [0.2, 0.25) is 0 Å². The van der Waals surface area contributed by atoms with Crippen molar-refractivity contribution in [3.8, 4) is 0 Å². The zero-order valence-corrected chi connectivity index (χ0v) is 14.7. The van der Waals surface area contributed by atoms with Crippen LogP contribution in [0.4, 0.5) is 0 Å². The molecular formula is C2H7HgNaOSSi. The maximum absolute atomic E-state index is 9.85. The summed E-state index contributed by atoms with van der Waals surface area (Å²) in [4.78, 5) is 9.85. The van der Waals surface area contributed by atoms with Crippen LogP contribution in [-0.2, 0) is 23.1 Å². The Labute approximate surface area is 83.5 Å². The van der Waals surface area contributed by atoms with E-state index in [1.807, 2.05) is 7.69 Å². The van der Waals surface area contributed by atoms with E-state index in [-0.39, 0.29) is 29.6 Å². The van der Waals surface area contributed by atoms with Gasteiger partial charge < -0.3 is 0 Å². The summed E-state index contributed by atoms with van der Waals surface area (Å²) in [6, 6.07) is 0. The Kier molecular flexibility index (Phi) is 19.6. The minimum absolute atomic E-state index is 0. The van der Waals surface area contributed by atoms with Crippen LogP contribution < -0.4 is 34.4 Å². The van der Waals surface area contributed by atoms with Gasteiger partial charge in [-0.1, -0.05) is 0 Å². The standard InChI is InChI=1S/C2H5.Hg.Na.H2OSSi/c1-2;;;1-3-2/h1H2,2H3;;;3H2/q;2*+1;-2. The Hall–Kier alpha value is 2.46. The van der Waals surface area contributed by atoms with Crippen molar-refractivity contribution >= 4 is 16.6 Å². The van der Waals surface area contributed by atoms with Crippen LogP contribution >= 0.6 is 7.69 Å². The van der Waals surface area contributed by atoms with Crippen molar-refractivity contribution in [2.45, 2.75) is 10.9 Å². The third-order valence-corrected chi connectivity index (χ3v) is 23.4. The molecule has 0 aromatic heterocycles. The molecule has 0 aliphatic carbocycles. The fourth-order valence-electron chi connectivity index (χ4n) is 0.203. The van der Waals surface area contributed by atoms with Gasteiger partial charge in [-0.25, -0.2) is 0 Å². The topological polar surface area (TPSA) is 23.1 Å². The SMILES string of the molecule is C[CH2][Hg][S][SiH2][O-].[Na+]. The monoisotopic (exact) mass is 332 g/mol. The van der Waals surface area contributed by atoms with Gasteiger partial charge >= 0.3 is 84.9 Å². The first-order valence-electron chi connectivity index (χ1n) is 2.07. The van der Waals surface area contributed by atoms with Gasteiger partial charge in [0.25, 0.3) is 0 Å². The van der Waals surface area contributed by atoms with Gasteiger partial charge in [-0.2, -0.15) is 0 Å². The number of hydrogen-bond donors (Lipinski definition) is 0. The van der Waals surface area contributed by atoms with E-state index in [2.05, 4.69) is 6.92 Å². The Morgan fingerprint density at radius 2 is 2.43 bits per heavy atom. The normalized spacial score (nSPS) is 8.29. The first kappa shape index (κ1) is 12.2. The number of hydrogen-bond acceptors (Lipinski definition) is 2. The molecule has 0 heterocycles. The molecule has 34 valence electrons. The van der Waals surface area contributed by atoms with Crippen molar-refractivity contribution in [2.24, 2.45) is 0 Å². The second kappa shape index (κ2) is 11.3. The third-order valence-electron chi connectivity index (χ3n) is 0.432. The maximum Gasteiger partial charge on any atom is 1.00 e. The van der Waals surface area contributed by atoms with E-state index in [0.717, 1.165) is 0 Å². The molecule has 0 N–H and O–H groups in total. The van der Waals surface area contributed by atoms with Crippen molar-refractivity contribution in [3.05, 3.63) is 0 Å². The Morgan fingerprint density at radius 3 is 2.57 bits per heavy atom. The molecule has 0 saturated carbocycles. The molecule has 0 atom stereocenters. The summed E-state index contributed by atoms with van der Waals surface area (Å²) in [5, 5.41) is 0. The van der Waals surface area contributed by atoms with E-state index in [1.54, 1.807) is 0 Å². The Bertz CT molecular complexity index is 29.7. The van der Waals surface area contributed by atoms with Gasteiger partial charge in [0.15, 0.2) is 0 Å². The third kappa shape index (κ3) is 11.8. The van der Waals surface area contributed by atoms with E-state index in [1.165, 1.54) is 3.93 Å². The minimum atomic E-state index is -0.832. The van der Waals surface area contributed by atoms with Crippen LogP contribution in [-0.4, -0.2) is 8.91 Å². The maximum atomic E-state index is 9.85. The van der Waals surface area contributed by atoms with E-state index in [0.29, 0.717) is 0 Å². The summed E-state index contributed by atoms with van der Waals surface area (Å²) in [5.74, 6) is 0. The van der Waals surface area contributed by atoms with Crippen molar-refractivity contribution < 1.29 is 57.4 Å². The molecule has 0 aliphatic heterocycles. The molecule has 0 aliphatic rings. The average Bonchev–Trinajstić information content (AvgIpc) is 1.61. The predicted octanol–water partition coefficient (Wildman–Crippen LogP) is -3.48. The predicted molar refractivity (Wildman–Crippen MR) is 26.6 cm³/mol. The molecule has 0 rings (SSSR count). The molecule has 0 spiro atoms. The van der Waals surface area contributed by atoms with Crippen molar-refractivity contribution in [1.29, 1.82) is 0 Å². The van der Waals surface area contributed by atoms with Crippen molar-refractivity contribution in [1.82, 2.24) is 0 Å². The van der Waals surface area contributed by atoms with E-state index in [4.69, 9.17) is 0 Å². The first-order valence-corrected chi connectivity index (χ1v) is 16.2. The zero-order chi connectivity index (χ0) is 4.83. The van der Waals surface area contributed by atoms with Gasteiger partial charge in [0.05, 0.1) is 0 Å². The van der Waals surface area contributed by atoms with E-state index >= 15 is 0 Å². The average molecular weight is 331 g/mol. The first-order chi connectivity index (χ1) is 2.91. The Morgan fingerprint density at radius 1 is 1.86 bits per heavy atom. The summed E-state index contributed by atoms with van der Waals surface area (Å²) >= 11 is -0.507. The van der Waals surface area contributed by atoms with Gasteiger partial charge in [-0.15, -0.1) is 0 Å². The van der Waals surface area contributed by atoms with Crippen LogP contribution in [0.1, 0.15) is 6.92 Å². The largest absolute Gasteiger partial charge is 1.00 e. The smallest absolute Gasteiger partial charge is 1.00 e. The summed E-state index contributed by atoms with van der Waals surface area (Å²) in [7, 11) is 0.982. The molecule has 0 unspecified atom stereocenters. The molecule has 0 fully saturated rings. The molecule has 0 aromatic carbocycles. The summed E-state index contributed by atoms with van der Waals surface area (Å²) in [6.45, 7) is 2.19. The van der Waals surface area contributed by atoms with E-state index in [9.17, 15) is 4.80 Å². The second-order valence-corrected chi connectivity index (χ2v) is 26.9. The van der Waals surface area contributed by atoms with Crippen LogP contribution in [0.5, 0.6) is 0 Å². The summed E-state index contributed by atoms with van der Waals surface area (Å²) < 4.78 is 1.37. The fourth-order valence-corrected chi connectivity index (χ4v) is 16.1. The fraction of sp³-hybridized carbons (Fsp3) is 1.00.